The SMILES string of the molecule is O=C(Nc1ccncc1)N1CCCCc2ccc(-c3cccc(C(F)(F)F)c3)nc21. The maximum absolute atomic E-state index is 13.1. The zero-order valence-corrected chi connectivity index (χ0v) is 16.0. The molecule has 1 aliphatic rings. The molecule has 0 unspecified atom stereocenters. The Kier molecular flexibility index (Phi) is 5.39. The largest absolute Gasteiger partial charge is 0.416 e. The lowest BCUT2D eigenvalue weighted by atomic mass is 10.0. The number of pyridine rings is 2. The molecule has 0 aliphatic carbocycles. The van der Waals surface area contributed by atoms with E-state index in [-0.39, 0.29) is 6.03 Å². The molecule has 3 aromatic rings. The van der Waals surface area contributed by atoms with Crippen molar-refractivity contribution in [2.45, 2.75) is 25.4 Å². The van der Waals surface area contributed by atoms with Gasteiger partial charge in [0.2, 0.25) is 0 Å². The highest BCUT2D eigenvalue weighted by molar-refractivity contribution is 6.01. The van der Waals surface area contributed by atoms with Gasteiger partial charge in [0.15, 0.2) is 0 Å². The summed E-state index contributed by atoms with van der Waals surface area (Å²) < 4.78 is 39.3. The molecule has 0 spiro atoms. The van der Waals surface area contributed by atoms with Gasteiger partial charge < -0.3 is 5.32 Å². The smallest absolute Gasteiger partial charge is 0.307 e. The Morgan fingerprint density at radius 2 is 1.83 bits per heavy atom. The van der Waals surface area contributed by atoms with Crippen LogP contribution in [-0.4, -0.2) is 22.5 Å². The summed E-state index contributed by atoms with van der Waals surface area (Å²) >= 11 is 0. The third-order valence-electron chi connectivity index (χ3n) is 4.95. The van der Waals surface area contributed by atoms with Crippen LogP contribution in [0.3, 0.4) is 0 Å². The van der Waals surface area contributed by atoms with Crippen LogP contribution in [0.25, 0.3) is 11.3 Å². The predicted octanol–water partition coefficient (Wildman–Crippen LogP) is 5.54. The van der Waals surface area contributed by atoms with Gasteiger partial charge in [-0.05, 0) is 55.2 Å². The monoisotopic (exact) mass is 412 g/mol. The van der Waals surface area contributed by atoms with Gasteiger partial charge in [-0.15, -0.1) is 0 Å². The van der Waals surface area contributed by atoms with Crippen LogP contribution in [0.4, 0.5) is 29.5 Å². The van der Waals surface area contributed by atoms with Crippen molar-refractivity contribution in [2.24, 2.45) is 0 Å². The van der Waals surface area contributed by atoms with E-state index in [9.17, 15) is 18.0 Å². The zero-order chi connectivity index (χ0) is 21.1. The van der Waals surface area contributed by atoms with Gasteiger partial charge in [0.25, 0.3) is 0 Å². The number of alkyl halides is 3. The van der Waals surface area contributed by atoms with Crippen LogP contribution in [0, 0.1) is 0 Å². The summed E-state index contributed by atoms with van der Waals surface area (Å²) in [4.78, 5) is 23.0. The van der Waals surface area contributed by atoms with Crippen LogP contribution in [0.5, 0.6) is 0 Å². The Hall–Kier alpha value is -3.42. The van der Waals surface area contributed by atoms with Gasteiger partial charge >= 0.3 is 12.2 Å². The second-order valence-electron chi connectivity index (χ2n) is 7.03. The fourth-order valence-corrected chi connectivity index (χ4v) is 3.44. The van der Waals surface area contributed by atoms with Gasteiger partial charge in [0.1, 0.15) is 5.82 Å². The van der Waals surface area contributed by atoms with E-state index in [1.807, 2.05) is 6.07 Å². The van der Waals surface area contributed by atoms with Crippen molar-refractivity contribution in [2.75, 3.05) is 16.8 Å². The third kappa shape index (κ3) is 4.27. The predicted molar refractivity (Wildman–Crippen MR) is 108 cm³/mol. The number of amides is 2. The van der Waals surface area contributed by atoms with Crippen molar-refractivity contribution in [3.05, 3.63) is 72.1 Å². The molecular weight excluding hydrogens is 393 g/mol. The Morgan fingerprint density at radius 1 is 1.03 bits per heavy atom. The minimum Gasteiger partial charge on any atom is -0.307 e. The lowest BCUT2D eigenvalue weighted by Gasteiger charge is -2.23. The van der Waals surface area contributed by atoms with Crippen LogP contribution in [-0.2, 0) is 12.6 Å². The van der Waals surface area contributed by atoms with E-state index >= 15 is 0 Å². The number of hydrogen-bond donors (Lipinski definition) is 1. The number of rotatable bonds is 2. The highest BCUT2D eigenvalue weighted by atomic mass is 19.4. The van der Waals surface area contributed by atoms with Crippen LogP contribution < -0.4 is 10.2 Å². The van der Waals surface area contributed by atoms with Gasteiger partial charge in [0, 0.05) is 30.2 Å². The quantitative estimate of drug-likeness (QED) is 0.602. The number of aryl methyl sites for hydroxylation is 1. The van der Waals surface area contributed by atoms with Crippen molar-refractivity contribution in [3.63, 3.8) is 0 Å². The molecule has 0 fully saturated rings. The lowest BCUT2D eigenvalue weighted by Crippen LogP contribution is -2.36. The molecule has 2 amide bonds. The molecule has 154 valence electrons. The normalized spacial score (nSPS) is 14.0. The molecule has 3 heterocycles. The third-order valence-corrected chi connectivity index (χ3v) is 4.95. The molecule has 2 aromatic heterocycles. The van der Waals surface area contributed by atoms with E-state index in [0.717, 1.165) is 37.0 Å². The number of carbonyl (C=O) groups excluding carboxylic acids is 1. The van der Waals surface area contributed by atoms with Gasteiger partial charge in [-0.3, -0.25) is 9.88 Å². The topological polar surface area (TPSA) is 58.1 Å². The Morgan fingerprint density at radius 3 is 2.60 bits per heavy atom. The molecule has 0 saturated carbocycles. The molecule has 1 aliphatic heterocycles. The second kappa shape index (κ2) is 8.14. The standard InChI is InChI=1S/C22H19F3N4O/c23-22(24,25)17-6-3-5-16(14-17)19-8-7-15-4-1-2-13-29(20(15)28-19)21(30)27-18-9-11-26-12-10-18/h3,5-12,14H,1-2,4,13H2,(H,26,27,30). The average Bonchev–Trinajstić information content (AvgIpc) is 2.96. The van der Waals surface area contributed by atoms with E-state index in [1.165, 1.54) is 6.07 Å². The summed E-state index contributed by atoms with van der Waals surface area (Å²) in [5.74, 6) is 0.481. The fourth-order valence-electron chi connectivity index (χ4n) is 3.44. The van der Waals surface area contributed by atoms with E-state index in [0.29, 0.717) is 29.3 Å². The molecule has 0 atom stereocenters. The Labute approximate surface area is 171 Å². The van der Waals surface area contributed by atoms with Crippen LogP contribution in [0.1, 0.15) is 24.0 Å². The van der Waals surface area contributed by atoms with E-state index in [2.05, 4.69) is 15.3 Å². The first kappa shape index (κ1) is 19.9. The molecule has 0 bridgehead atoms. The van der Waals surface area contributed by atoms with Gasteiger partial charge in [-0.1, -0.05) is 18.2 Å². The van der Waals surface area contributed by atoms with Crippen molar-refractivity contribution in [1.82, 2.24) is 9.97 Å². The van der Waals surface area contributed by atoms with E-state index < -0.39 is 11.7 Å². The zero-order valence-electron chi connectivity index (χ0n) is 16.0. The molecule has 0 saturated heterocycles. The number of nitrogens with zero attached hydrogens (tertiary/aromatic N) is 3. The highest BCUT2D eigenvalue weighted by Crippen LogP contribution is 2.33. The Bertz CT molecular complexity index is 1050. The molecule has 0 radical (unpaired) electrons. The lowest BCUT2D eigenvalue weighted by molar-refractivity contribution is -0.137. The molecule has 30 heavy (non-hydrogen) atoms. The van der Waals surface area contributed by atoms with Gasteiger partial charge in [-0.25, -0.2) is 9.78 Å². The van der Waals surface area contributed by atoms with Crippen molar-refractivity contribution in [1.29, 1.82) is 0 Å². The first-order valence-corrected chi connectivity index (χ1v) is 9.58. The maximum Gasteiger partial charge on any atom is 0.416 e. The number of halogens is 3. The van der Waals surface area contributed by atoms with Crippen LogP contribution in [0.2, 0.25) is 0 Å². The van der Waals surface area contributed by atoms with E-state index in [1.54, 1.807) is 41.6 Å². The summed E-state index contributed by atoms with van der Waals surface area (Å²) in [6.07, 6.45) is 1.18. The molecule has 4 rings (SSSR count). The van der Waals surface area contributed by atoms with Crippen molar-refractivity contribution >= 4 is 17.5 Å². The number of carbonyl (C=O) groups is 1. The first-order chi connectivity index (χ1) is 14.4. The second-order valence-corrected chi connectivity index (χ2v) is 7.03. The molecular formula is C22H19F3N4O. The van der Waals surface area contributed by atoms with Crippen molar-refractivity contribution < 1.29 is 18.0 Å². The molecule has 8 heteroatoms. The average molecular weight is 412 g/mol. The highest BCUT2D eigenvalue weighted by Gasteiger charge is 2.31. The molecule has 1 aromatic carbocycles. The number of hydrogen-bond acceptors (Lipinski definition) is 3. The van der Waals surface area contributed by atoms with Crippen molar-refractivity contribution in [3.8, 4) is 11.3 Å². The molecule has 1 N–H and O–H groups in total. The number of anilines is 2. The minimum atomic E-state index is -4.43. The summed E-state index contributed by atoms with van der Waals surface area (Å²) in [6.45, 7) is 0.475. The number of aromatic nitrogens is 2. The first-order valence-electron chi connectivity index (χ1n) is 9.58. The van der Waals surface area contributed by atoms with Gasteiger partial charge in [0.05, 0.1) is 11.3 Å². The van der Waals surface area contributed by atoms with Crippen LogP contribution >= 0.6 is 0 Å². The van der Waals surface area contributed by atoms with Gasteiger partial charge in [-0.2, -0.15) is 13.2 Å². The summed E-state index contributed by atoms with van der Waals surface area (Å²) in [5, 5.41) is 2.83. The van der Waals surface area contributed by atoms with Crippen LogP contribution in [0.15, 0.2) is 60.9 Å². The number of benzene rings is 1. The number of nitrogens with one attached hydrogen (secondary N) is 1. The molecule has 5 nitrogen and oxygen atoms in total. The number of urea groups is 1. The number of fused-ring (bicyclic) bond motifs is 1. The summed E-state index contributed by atoms with van der Waals surface area (Å²) in [5.41, 5.74) is 1.52. The maximum atomic E-state index is 13.1. The summed E-state index contributed by atoms with van der Waals surface area (Å²) in [7, 11) is 0. The fraction of sp³-hybridized carbons (Fsp3) is 0.227. The minimum absolute atomic E-state index is 0.335. The summed E-state index contributed by atoms with van der Waals surface area (Å²) in [6, 6.07) is 11.6. The van der Waals surface area contributed by atoms with E-state index in [4.69, 9.17) is 0 Å². The Balaban J connectivity index is 1.69.